The van der Waals surface area contributed by atoms with Crippen LogP contribution in [-0.2, 0) is 16.1 Å². The molecular formula is C25H27NO7. The topological polar surface area (TPSA) is 103 Å². The van der Waals surface area contributed by atoms with Gasteiger partial charge in [0.15, 0.2) is 11.5 Å². The fourth-order valence-electron chi connectivity index (χ4n) is 5.26. The number of hydrogen-bond donors (Lipinski definition) is 2. The Morgan fingerprint density at radius 2 is 1.97 bits per heavy atom. The number of carboxylic acid groups (broad SMARTS) is 1. The second-order valence-corrected chi connectivity index (χ2v) is 8.88. The second-order valence-electron chi connectivity index (χ2n) is 8.88. The van der Waals surface area contributed by atoms with Crippen molar-refractivity contribution >= 4 is 11.9 Å². The van der Waals surface area contributed by atoms with Gasteiger partial charge < -0.3 is 29.4 Å². The van der Waals surface area contributed by atoms with Crippen molar-refractivity contribution in [3.63, 3.8) is 0 Å². The minimum atomic E-state index is -0.945. The van der Waals surface area contributed by atoms with Crippen molar-refractivity contribution in [2.45, 2.75) is 19.4 Å². The molecule has 2 unspecified atom stereocenters. The Morgan fingerprint density at radius 3 is 2.67 bits per heavy atom. The number of fused-ring (bicyclic) bond motifs is 1. The third-order valence-corrected chi connectivity index (χ3v) is 7.20. The molecule has 3 atom stereocenters. The molecule has 2 aromatic carbocycles. The molecule has 8 nitrogen and oxygen atoms in total. The Labute approximate surface area is 191 Å². The summed E-state index contributed by atoms with van der Waals surface area (Å²) in [5.41, 5.74) is 2.11. The number of carboxylic acids is 1. The zero-order chi connectivity index (χ0) is 23.2. The predicted molar refractivity (Wildman–Crippen MR) is 119 cm³/mol. The Morgan fingerprint density at radius 1 is 1.15 bits per heavy atom. The lowest BCUT2D eigenvalue weighted by atomic mass is 9.94. The number of nitrogens with one attached hydrogen (secondary N) is 1. The molecule has 2 fully saturated rings. The molecule has 8 heteroatoms. The number of methoxy groups -OCH3 is 2. The van der Waals surface area contributed by atoms with Crippen LogP contribution in [0.25, 0.3) is 11.1 Å². The summed E-state index contributed by atoms with van der Waals surface area (Å²) in [7, 11) is 3.07. The molecule has 0 bridgehead atoms. The van der Waals surface area contributed by atoms with E-state index in [2.05, 4.69) is 5.32 Å². The van der Waals surface area contributed by atoms with E-state index in [0.717, 1.165) is 23.1 Å². The minimum absolute atomic E-state index is 0.0201. The van der Waals surface area contributed by atoms with E-state index in [1.807, 2.05) is 18.2 Å². The molecule has 1 amide bonds. The fraction of sp³-hybridized carbons (Fsp3) is 0.440. The van der Waals surface area contributed by atoms with Gasteiger partial charge in [0.05, 0.1) is 14.2 Å². The molecule has 5 rings (SSSR count). The van der Waals surface area contributed by atoms with Gasteiger partial charge in [-0.1, -0.05) is 12.1 Å². The molecule has 3 aliphatic rings. The van der Waals surface area contributed by atoms with Gasteiger partial charge in [-0.15, -0.1) is 0 Å². The van der Waals surface area contributed by atoms with Crippen molar-refractivity contribution in [3.05, 3.63) is 41.5 Å². The summed E-state index contributed by atoms with van der Waals surface area (Å²) in [5, 5.41) is 12.9. The lowest BCUT2D eigenvalue weighted by Gasteiger charge is -2.22. The second kappa shape index (κ2) is 8.26. The molecule has 1 saturated heterocycles. The van der Waals surface area contributed by atoms with Gasteiger partial charge in [0.25, 0.3) is 5.91 Å². The number of ether oxygens (including phenoxy) is 4. The third kappa shape index (κ3) is 3.49. The lowest BCUT2D eigenvalue weighted by Crippen LogP contribution is -2.28. The fourth-order valence-corrected chi connectivity index (χ4v) is 5.26. The zero-order valence-electron chi connectivity index (χ0n) is 18.7. The molecular weight excluding hydrogens is 426 g/mol. The van der Waals surface area contributed by atoms with E-state index in [4.69, 9.17) is 18.9 Å². The molecule has 2 aliphatic heterocycles. The molecule has 2 aromatic rings. The molecule has 2 heterocycles. The van der Waals surface area contributed by atoms with Crippen molar-refractivity contribution in [1.29, 1.82) is 0 Å². The summed E-state index contributed by atoms with van der Waals surface area (Å²) in [5.74, 6) is 0.605. The monoisotopic (exact) mass is 453 g/mol. The molecule has 1 aliphatic carbocycles. The molecule has 0 aromatic heterocycles. The van der Waals surface area contributed by atoms with E-state index >= 15 is 0 Å². The van der Waals surface area contributed by atoms with Gasteiger partial charge in [-0.3, -0.25) is 9.59 Å². The average molecular weight is 453 g/mol. The maximum atomic E-state index is 12.3. The maximum absolute atomic E-state index is 12.3. The number of rotatable bonds is 8. The van der Waals surface area contributed by atoms with Gasteiger partial charge >= 0.3 is 5.97 Å². The number of carbonyl (C=O) groups excluding carboxylic acids is 1. The first-order valence-electron chi connectivity index (χ1n) is 11.1. The number of hydrogen-bond acceptors (Lipinski definition) is 6. The van der Waals surface area contributed by atoms with Gasteiger partial charge in [-0.25, -0.2) is 0 Å². The first-order valence-corrected chi connectivity index (χ1v) is 11.1. The van der Waals surface area contributed by atoms with Gasteiger partial charge in [-0.2, -0.15) is 0 Å². The SMILES string of the molecule is COc1ccc(-c2cccc3c2CNC3=O)c(OCC2(C(=O)O)CC2[C@H]2CCOC2)c1OC. The first kappa shape index (κ1) is 21.6. The molecule has 2 N–H and O–H groups in total. The minimum Gasteiger partial charge on any atom is -0.493 e. The highest BCUT2D eigenvalue weighted by Gasteiger charge is 2.64. The maximum Gasteiger partial charge on any atom is 0.313 e. The number of carbonyl (C=O) groups is 2. The van der Waals surface area contributed by atoms with Crippen LogP contribution in [-0.4, -0.2) is 51.0 Å². The summed E-state index contributed by atoms with van der Waals surface area (Å²) >= 11 is 0. The van der Waals surface area contributed by atoms with Crippen LogP contribution in [0.2, 0.25) is 0 Å². The highest BCUT2D eigenvalue weighted by Crippen LogP contribution is 2.59. The van der Waals surface area contributed by atoms with Crippen molar-refractivity contribution < 1.29 is 33.6 Å². The summed E-state index contributed by atoms with van der Waals surface area (Å²) in [4.78, 5) is 24.5. The van der Waals surface area contributed by atoms with Crippen LogP contribution >= 0.6 is 0 Å². The predicted octanol–water partition coefficient (Wildman–Crippen LogP) is 3.12. The Balaban J connectivity index is 1.53. The van der Waals surface area contributed by atoms with Crippen LogP contribution in [0.4, 0.5) is 0 Å². The number of benzene rings is 2. The van der Waals surface area contributed by atoms with Crippen LogP contribution in [0, 0.1) is 17.3 Å². The van der Waals surface area contributed by atoms with E-state index in [9.17, 15) is 14.7 Å². The summed E-state index contributed by atoms with van der Waals surface area (Å²) in [6.45, 7) is 1.72. The normalized spacial score (nSPS) is 25.3. The molecule has 0 spiro atoms. The quantitative estimate of drug-likeness (QED) is 0.633. The van der Waals surface area contributed by atoms with E-state index < -0.39 is 11.4 Å². The summed E-state index contributed by atoms with van der Waals surface area (Å²) in [6, 6.07) is 9.19. The third-order valence-electron chi connectivity index (χ3n) is 7.20. The molecule has 1 saturated carbocycles. The van der Waals surface area contributed by atoms with Crippen molar-refractivity contribution in [2.75, 3.05) is 34.0 Å². The van der Waals surface area contributed by atoms with Gasteiger partial charge in [0, 0.05) is 30.9 Å². The van der Waals surface area contributed by atoms with E-state index in [1.54, 1.807) is 19.2 Å². The van der Waals surface area contributed by atoms with Crippen LogP contribution in [0.1, 0.15) is 28.8 Å². The summed E-state index contributed by atoms with van der Waals surface area (Å²) < 4.78 is 22.9. The van der Waals surface area contributed by atoms with Gasteiger partial charge in [-0.05, 0) is 54.0 Å². The van der Waals surface area contributed by atoms with Crippen molar-refractivity contribution in [2.24, 2.45) is 17.3 Å². The van der Waals surface area contributed by atoms with Gasteiger partial charge in [0.1, 0.15) is 12.0 Å². The first-order chi connectivity index (χ1) is 16.0. The van der Waals surface area contributed by atoms with Crippen molar-refractivity contribution in [1.82, 2.24) is 5.32 Å². The van der Waals surface area contributed by atoms with Crippen LogP contribution in [0.5, 0.6) is 17.2 Å². The Kier molecular flexibility index (Phi) is 5.40. The molecule has 33 heavy (non-hydrogen) atoms. The van der Waals surface area contributed by atoms with Gasteiger partial charge in [0.2, 0.25) is 5.75 Å². The van der Waals surface area contributed by atoms with Crippen LogP contribution in [0.15, 0.2) is 30.3 Å². The number of aliphatic carboxylic acids is 1. The van der Waals surface area contributed by atoms with Crippen molar-refractivity contribution in [3.8, 4) is 28.4 Å². The highest BCUT2D eigenvalue weighted by atomic mass is 16.5. The Hall–Kier alpha value is -3.26. The standard InChI is InChI=1S/C25H27NO7/c1-30-20-7-6-16(15-4-3-5-17-18(15)11-26-23(17)27)21(22(20)31-2)33-13-25(24(28)29)10-19(25)14-8-9-32-12-14/h3-7,14,19H,8-13H2,1-2H3,(H,26,27)(H,28,29)/t14-,19?,25?/m0/s1. The van der Waals surface area contributed by atoms with Crippen LogP contribution < -0.4 is 19.5 Å². The zero-order valence-corrected chi connectivity index (χ0v) is 18.7. The highest BCUT2D eigenvalue weighted by molar-refractivity contribution is 6.01. The largest absolute Gasteiger partial charge is 0.493 e. The lowest BCUT2D eigenvalue weighted by molar-refractivity contribution is -0.145. The van der Waals surface area contributed by atoms with E-state index in [-0.39, 0.29) is 24.3 Å². The summed E-state index contributed by atoms with van der Waals surface area (Å²) in [6.07, 6.45) is 1.45. The van der Waals surface area contributed by atoms with Crippen LogP contribution in [0.3, 0.4) is 0 Å². The van der Waals surface area contributed by atoms with E-state index in [0.29, 0.717) is 49.0 Å². The Bertz CT molecular complexity index is 1110. The number of amides is 1. The molecule has 0 radical (unpaired) electrons. The smallest absolute Gasteiger partial charge is 0.313 e. The van der Waals surface area contributed by atoms with E-state index in [1.165, 1.54) is 7.11 Å². The molecule has 174 valence electrons. The average Bonchev–Trinajstić information content (AvgIpc) is 3.13.